The molecule has 2 atom stereocenters. The van der Waals surface area contributed by atoms with Crippen LogP contribution in [0.4, 0.5) is 4.79 Å². The average molecular weight is 885 g/mol. The van der Waals surface area contributed by atoms with Crippen LogP contribution in [-0.4, -0.2) is 56.8 Å². The molecule has 0 aliphatic carbocycles. The lowest BCUT2D eigenvalue weighted by molar-refractivity contribution is -0.175. The van der Waals surface area contributed by atoms with Crippen molar-refractivity contribution in [2.45, 2.75) is 147 Å². The zero-order chi connectivity index (χ0) is 46.9. The normalized spacial score (nSPS) is 13.1. The van der Waals surface area contributed by atoms with E-state index in [0.717, 1.165) is 41.5 Å². The second kappa shape index (κ2) is 23.7. The molecule has 0 spiro atoms. The molecule has 1 heterocycles. The van der Waals surface area contributed by atoms with Crippen LogP contribution in [0.5, 0.6) is 0 Å². The number of primary amides is 1. The predicted molar refractivity (Wildman–Crippen MR) is 256 cm³/mol. The fourth-order valence-electron chi connectivity index (χ4n) is 8.85. The van der Waals surface area contributed by atoms with E-state index >= 15 is 14.4 Å². The summed E-state index contributed by atoms with van der Waals surface area (Å²) in [7, 11) is 0. The monoisotopic (exact) mass is 885 g/mol. The lowest BCUT2D eigenvalue weighted by Gasteiger charge is -2.52. The molecule has 11 nitrogen and oxygen atoms in total. The number of carbonyl (C=O) groups excluding carboxylic acids is 5. The molecule has 0 aliphatic heterocycles. The molecule has 5 rings (SSSR count). The van der Waals surface area contributed by atoms with Crippen molar-refractivity contribution in [1.29, 1.82) is 0 Å². The first-order valence-corrected chi connectivity index (χ1v) is 23.3. The van der Waals surface area contributed by atoms with Gasteiger partial charge in [-0.3, -0.25) is 14.5 Å². The number of nitrogens with one attached hydrogen (secondary N) is 1. The molecular formula is C54H68N4O7. The molecule has 346 valence electrons. The summed E-state index contributed by atoms with van der Waals surface area (Å²) >= 11 is 0. The molecule has 2 amide bonds. The number of para-hydroxylation sites is 1. The first-order chi connectivity index (χ1) is 31.2. The van der Waals surface area contributed by atoms with Crippen LogP contribution in [0.3, 0.4) is 0 Å². The predicted octanol–water partition coefficient (Wildman–Crippen LogP) is 10.6. The number of hydrogen-bond donors (Lipinski definition) is 3. The molecule has 5 N–H and O–H groups in total. The molecule has 0 aliphatic rings. The number of rotatable bonds is 25. The van der Waals surface area contributed by atoms with Gasteiger partial charge in [-0.25, -0.2) is 14.4 Å². The summed E-state index contributed by atoms with van der Waals surface area (Å²) in [5.74, 6) is -4.53. The van der Waals surface area contributed by atoms with Gasteiger partial charge in [-0.15, -0.1) is 0 Å². The van der Waals surface area contributed by atoms with Crippen LogP contribution < -0.4 is 11.5 Å². The summed E-state index contributed by atoms with van der Waals surface area (Å²) in [5.41, 5.74) is 9.57. The van der Waals surface area contributed by atoms with Gasteiger partial charge in [0.2, 0.25) is 11.4 Å². The van der Waals surface area contributed by atoms with E-state index in [1.54, 1.807) is 118 Å². The number of amides is 2. The van der Waals surface area contributed by atoms with Gasteiger partial charge in [0.1, 0.15) is 17.2 Å². The van der Waals surface area contributed by atoms with Crippen molar-refractivity contribution in [3.05, 3.63) is 144 Å². The molecule has 0 saturated carbocycles. The van der Waals surface area contributed by atoms with E-state index in [4.69, 9.17) is 20.9 Å². The number of aromatic nitrogens is 1. The Hall–Kier alpha value is -6.07. The minimum absolute atomic E-state index is 0.0243. The number of nitrogens with zero attached hydrogens (tertiary/aromatic N) is 1. The minimum Gasteiger partial charge on any atom is -0.444 e. The van der Waals surface area contributed by atoms with Crippen molar-refractivity contribution < 1.29 is 33.4 Å². The SMILES string of the molecule is CCCCCCCCCCCCCCC(=O)[C@](CC(N)=O)(C(=O)OC(=O)[C@@H](N)Cc1c[nH]c2ccccc12)N(C(=O)OC(C)(C)C)C(c1ccccc1)(c1ccccc1)c1ccccc1. The Morgan fingerprint density at radius 2 is 1.11 bits per heavy atom. The van der Waals surface area contributed by atoms with Crippen LogP contribution >= 0.6 is 0 Å². The number of ketones is 1. The number of fused-ring (bicyclic) bond motifs is 1. The quantitative estimate of drug-likeness (QED) is 0.0225. The fourth-order valence-corrected chi connectivity index (χ4v) is 8.85. The van der Waals surface area contributed by atoms with Crippen molar-refractivity contribution in [3.8, 4) is 0 Å². The number of Topliss-reactive ketones (excluding diaryl/α,β-unsaturated/α-hetero) is 1. The van der Waals surface area contributed by atoms with Crippen LogP contribution in [0.1, 0.15) is 140 Å². The van der Waals surface area contributed by atoms with E-state index in [-0.39, 0.29) is 12.8 Å². The minimum atomic E-state index is -2.86. The summed E-state index contributed by atoms with van der Waals surface area (Å²) in [5, 5.41) is 0.831. The zero-order valence-electron chi connectivity index (χ0n) is 38.7. The fraction of sp³-hybridized carbons (Fsp3) is 0.426. The van der Waals surface area contributed by atoms with E-state index in [2.05, 4.69) is 11.9 Å². The number of benzene rings is 4. The highest BCUT2D eigenvalue weighted by Gasteiger charge is 2.64. The smallest absolute Gasteiger partial charge is 0.412 e. The van der Waals surface area contributed by atoms with Gasteiger partial charge in [-0.2, -0.15) is 0 Å². The Morgan fingerprint density at radius 3 is 1.58 bits per heavy atom. The van der Waals surface area contributed by atoms with E-state index in [9.17, 15) is 9.59 Å². The Labute approximate surface area is 384 Å². The number of esters is 2. The maximum absolute atomic E-state index is 15.6. The maximum atomic E-state index is 15.6. The third-order valence-corrected chi connectivity index (χ3v) is 12.0. The highest BCUT2D eigenvalue weighted by molar-refractivity contribution is 6.15. The van der Waals surface area contributed by atoms with E-state index in [1.165, 1.54) is 38.5 Å². The Kier molecular flexibility index (Phi) is 18.2. The third kappa shape index (κ3) is 12.6. The van der Waals surface area contributed by atoms with Crippen LogP contribution in [0, 0.1) is 0 Å². The Balaban J connectivity index is 1.64. The molecule has 65 heavy (non-hydrogen) atoms. The number of unbranched alkanes of at least 4 members (excludes halogenated alkanes) is 11. The Bertz CT molecular complexity index is 2210. The van der Waals surface area contributed by atoms with Gasteiger partial charge >= 0.3 is 18.0 Å². The Morgan fingerprint density at radius 1 is 0.646 bits per heavy atom. The van der Waals surface area contributed by atoms with Gasteiger partial charge < -0.3 is 25.9 Å². The van der Waals surface area contributed by atoms with Crippen molar-refractivity contribution >= 4 is 40.6 Å². The van der Waals surface area contributed by atoms with Crippen molar-refractivity contribution in [2.75, 3.05) is 0 Å². The first kappa shape index (κ1) is 49.9. The molecular weight excluding hydrogens is 817 g/mol. The second-order valence-corrected chi connectivity index (χ2v) is 18.1. The van der Waals surface area contributed by atoms with Crippen LogP contribution in [0.15, 0.2) is 121 Å². The van der Waals surface area contributed by atoms with Crippen LogP contribution in [0.25, 0.3) is 10.9 Å². The number of ether oxygens (including phenoxy) is 2. The summed E-state index contributed by atoms with van der Waals surface area (Å²) in [4.78, 5) is 78.8. The van der Waals surface area contributed by atoms with Crippen molar-refractivity contribution in [3.63, 3.8) is 0 Å². The standard InChI is InChI=1S/C54H68N4O7/c1-5-6-7-8-9-10-11-12-13-14-15-25-36-47(59)53(38-48(56)60,50(62)64-49(61)45(55)37-40-39-57-46-35-27-26-34-44(40)46)58(51(63)65-52(2,3)4)54(41-28-19-16-20-29-41,42-30-21-17-22-31-42)43-32-23-18-24-33-43/h16-24,26-35,39,45,57H,5-15,25,36-38,55H2,1-4H3,(H2,56,60)/t45-,53+/m0/s1. The topological polar surface area (TPSA) is 175 Å². The summed E-state index contributed by atoms with van der Waals surface area (Å²) < 4.78 is 11.9. The highest BCUT2D eigenvalue weighted by atomic mass is 16.6. The highest BCUT2D eigenvalue weighted by Crippen LogP contribution is 2.48. The lowest BCUT2D eigenvalue weighted by atomic mass is 9.71. The molecule has 0 fully saturated rings. The van der Waals surface area contributed by atoms with Crippen LogP contribution in [-0.2, 0) is 40.6 Å². The van der Waals surface area contributed by atoms with Gasteiger partial charge in [0.15, 0.2) is 5.78 Å². The molecule has 5 aromatic rings. The number of aromatic amines is 1. The molecule has 0 saturated heterocycles. The van der Waals surface area contributed by atoms with Crippen molar-refractivity contribution in [1.82, 2.24) is 9.88 Å². The van der Waals surface area contributed by atoms with Gasteiger partial charge in [0.05, 0.1) is 6.42 Å². The molecule has 0 bridgehead atoms. The largest absolute Gasteiger partial charge is 0.444 e. The molecule has 4 aromatic carbocycles. The number of carbonyl (C=O) groups is 5. The lowest BCUT2D eigenvalue weighted by Crippen LogP contribution is -2.71. The molecule has 0 radical (unpaired) electrons. The van der Waals surface area contributed by atoms with Gasteiger partial charge in [0, 0.05) is 29.9 Å². The van der Waals surface area contributed by atoms with E-state index < -0.39 is 58.9 Å². The van der Waals surface area contributed by atoms with Crippen LogP contribution in [0.2, 0.25) is 0 Å². The zero-order valence-corrected chi connectivity index (χ0v) is 38.7. The number of hydrogen-bond acceptors (Lipinski definition) is 8. The van der Waals surface area contributed by atoms with Gasteiger partial charge in [-0.1, -0.05) is 187 Å². The maximum Gasteiger partial charge on any atom is 0.412 e. The summed E-state index contributed by atoms with van der Waals surface area (Å²) in [6, 6.07) is 32.8. The molecule has 1 aromatic heterocycles. The molecule has 11 heteroatoms. The second-order valence-electron chi connectivity index (χ2n) is 18.1. The van der Waals surface area contributed by atoms with Gasteiger partial charge in [-0.05, 0) is 55.5 Å². The van der Waals surface area contributed by atoms with E-state index in [1.807, 2.05) is 24.3 Å². The first-order valence-electron chi connectivity index (χ1n) is 23.3. The molecule has 0 unspecified atom stereocenters. The summed E-state index contributed by atoms with van der Waals surface area (Å²) in [6.45, 7) is 7.20. The number of H-pyrrole nitrogens is 1. The third-order valence-electron chi connectivity index (χ3n) is 12.0. The van der Waals surface area contributed by atoms with E-state index in [0.29, 0.717) is 35.1 Å². The summed E-state index contributed by atoms with van der Waals surface area (Å²) in [6.07, 6.45) is 11.8. The van der Waals surface area contributed by atoms with Gasteiger partial charge in [0.25, 0.3) is 0 Å². The average Bonchev–Trinajstić information content (AvgIpc) is 3.70. The number of nitrogens with two attached hydrogens (primary N) is 2. The van der Waals surface area contributed by atoms with Crippen molar-refractivity contribution in [2.24, 2.45) is 11.5 Å².